The SMILES string of the molecule is CCCCCC/C=C\C=C/CCCCCCCC(=O)O[C@H](COC(=O)CCCCCCCCCCCCC(C)C)COP(=O)(O)OC[C@@H](O)COP(=O)(O)OC[C@@H](COC(=O)CCCCCCCCC(C)C)OC(=O)CCCCCCCCCCCC. The van der Waals surface area contributed by atoms with Gasteiger partial charge in [0.05, 0.1) is 26.4 Å². The summed E-state index contributed by atoms with van der Waals surface area (Å²) in [5.41, 5.74) is 0. The number of allylic oxidation sites excluding steroid dienone is 4. The number of carbonyl (C=O) groups excluding carboxylic acids is 4. The van der Waals surface area contributed by atoms with E-state index in [1.807, 2.05) is 0 Å². The Kier molecular flexibility index (Phi) is 58.1. The van der Waals surface area contributed by atoms with Crippen LogP contribution in [0.3, 0.4) is 0 Å². The Morgan fingerprint density at radius 1 is 0.356 bits per heavy atom. The molecule has 0 saturated heterocycles. The standard InChI is InChI=1S/C68H128O17P2/c1-7-9-11-13-15-17-19-20-21-22-23-29-33-41-47-53-68(73)84-63(56-78-65(70)50-44-38-31-28-25-24-26-30-36-42-48-60(3)4)58-82-86(74,75)80-54-62(69)55-81-87(76,77)83-59-64(57-79-66(71)51-45-39-35-34-37-43-49-61(5)6)85-67(72)52-46-40-32-27-18-16-14-12-10-8-2/h17,19-21,60-64,69H,7-16,18,22-59H2,1-6H3,(H,74,75)(H,76,77)/b19-17-,21-20-/t62-,63-,64-/m1/s1. The summed E-state index contributed by atoms with van der Waals surface area (Å²) in [7, 11) is -9.91. The fraction of sp³-hybridized carbons (Fsp3) is 0.882. The minimum Gasteiger partial charge on any atom is -0.462 e. The molecule has 0 aliphatic heterocycles. The fourth-order valence-electron chi connectivity index (χ4n) is 9.70. The zero-order chi connectivity index (χ0) is 64.3. The van der Waals surface area contributed by atoms with Crippen molar-refractivity contribution in [1.29, 1.82) is 0 Å². The van der Waals surface area contributed by atoms with Crippen LogP contribution in [-0.4, -0.2) is 96.7 Å². The van der Waals surface area contributed by atoms with Gasteiger partial charge < -0.3 is 33.8 Å². The van der Waals surface area contributed by atoms with Gasteiger partial charge >= 0.3 is 39.5 Å². The zero-order valence-corrected chi connectivity index (χ0v) is 57.6. The van der Waals surface area contributed by atoms with Crippen LogP contribution in [0.25, 0.3) is 0 Å². The van der Waals surface area contributed by atoms with E-state index >= 15 is 0 Å². The van der Waals surface area contributed by atoms with Gasteiger partial charge in [-0.3, -0.25) is 37.3 Å². The van der Waals surface area contributed by atoms with E-state index in [0.717, 1.165) is 115 Å². The Hall–Kier alpha value is -2.46. The number of phosphoric ester groups is 2. The average Bonchev–Trinajstić information content (AvgIpc) is 3.68. The minimum atomic E-state index is -4.96. The van der Waals surface area contributed by atoms with Gasteiger partial charge in [-0.05, 0) is 63.2 Å². The third kappa shape index (κ3) is 62.1. The highest BCUT2D eigenvalue weighted by Crippen LogP contribution is 2.45. The average molecular weight is 1280 g/mol. The smallest absolute Gasteiger partial charge is 0.462 e. The van der Waals surface area contributed by atoms with Gasteiger partial charge in [0, 0.05) is 25.7 Å². The van der Waals surface area contributed by atoms with Crippen LogP contribution in [0.5, 0.6) is 0 Å². The van der Waals surface area contributed by atoms with Gasteiger partial charge in [0.15, 0.2) is 12.2 Å². The van der Waals surface area contributed by atoms with Crippen molar-refractivity contribution in [3.8, 4) is 0 Å². The Labute approximate surface area is 529 Å². The lowest BCUT2D eigenvalue weighted by molar-refractivity contribution is -0.161. The number of unbranched alkanes of at least 4 members (excludes halogenated alkanes) is 32. The van der Waals surface area contributed by atoms with Crippen LogP contribution in [0.15, 0.2) is 24.3 Å². The van der Waals surface area contributed by atoms with Crippen LogP contribution < -0.4 is 0 Å². The molecule has 0 saturated carbocycles. The van der Waals surface area contributed by atoms with Crippen molar-refractivity contribution in [1.82, 2.24) is 0 Å². The molecular weight excluding hydrogens is 1150 g/mol. The monoisotopic (exact) mass is 1280 g/mol. The third-order valence-corrected chi connectivity index (χ3v) is 17.0. The summed E-state index contributed by atoms with van der Waals surface area (Å²) in [6, 6.07) is 0. The van der Waals surface area contributed by atoms with E-state index in [4.69, 9.17) is 37.0 Å². The van der Waals surface area contributed by atoms with Crippen molar-refractivity contribution in [2.75, 3.05) is 39.6 Å². The maximum Gasteiger partial charge on any atom is 0.472 e. The van der Waals surface area contributed by atoms with Gasteiger partial charge in [0.1, 0.15) is 19.3 Å². The van der Waals surface area contributed by atoms with Gasteiger partial charge in [-0.15, -0.1) is 0 Å². The van der Waals surface area contributed by atoms with Crippen LogP contribution in [-0.2, 0) is 65.4 Å². The summed E-state index contributed by atoms with van der Waals surface area (Å²) in [6.45, 7) is 9.36. The van der Waals surface area contributed by atoms with E-state index in [-0.39, 0.29) is 25.7 Å². The quantitative estimate of drug-likeness (QED) is 0.0169. The van der Waals surface area contributed by atoms with Gasteiger partial charge in [0.25, 0.3) is 0 Å². The van der Waals surface area contributed by atoms with Crippen molar-refractivity contribution in [3.63, 3.8) is 0 Å². The van der Waals surface area contributed by atoms with E-state index in [1.165, 1.54) is 116 Å². The maximum atomic E-state index is 13.0. The number of aliphatic hydroxyl groups excluding tert-OH is 1. The first kappa shape index (κ1) is 84.5. The Balaban J connectivity index is 5.28. The first-order valence-corrected chi connectivity index (χ1v) is 37.8. The molecule has 0 heterocycles. The number of rotatable bonds is 65. The fourth-order valence-corrected chi connectivity index (χ4v) is 11.3. The first-order chi connectivity index (χ1) is 41.9. The van der Waals surface area contributed by atoms with E-state index in [0.29, 0.717) is 31.6 Å². The normalized spacial score (nSPS) is 14.4. The van der Waals surface area contributed by atoms with E-state index in [9.17, 15) is 43.2 Å². The van der Waals surface area contributed by atoms with Crippen LogP contribution in [0.1, 0.15) is 318 Å². The van der Waals surface area contributed by atoms with Crippen LogP contribution in [0.4, 0.5) is 0 Å². The number of ether oxygens (including phenoxy) is 4. The van der Waals surface area contributed by atoms with Crippen molar-refractivity contribution in [2.45, 2.75) is 336 Å². The third-order valence-electron chi connectivity index (χ3n) is 15.1. The van der Waals surface area contributed by atoms with Crippen molar-refractivity contribution >= 4 is 39.5 Å². The molecule has 19 heteroatoms. The van der Waals surface area contributed by atoms with Crippen LogP contribution in [0, 0.1) is 11.8 Å². The van der Waals surface area contributed by atoms with Crippen LogP contribution in [0.2, 0.25) is 0 Å². The number of phosphoric acid groups is 2. The first-order valence-electron chi connectivity index (χ1n) is 34.8. The molecule has 0 aromatic rings. The van der Waals surface area contributed by atoms with Crippen molar-refractivity contribution in [3.05, 3.63) is 24.3 Å². The van der Waals surface area contributed by atoms with E-state index in [2.05, 4.69) is 65.8 Å². The molecule has 0 fully saturated rings. The Morgan fingerprint density at radius 3 is 0.943 bits per heavy atom. The molecule has 0 rings (SSSR count). The highest BCUT2D eigenvalue weighted by Gasteiger charge is 2.30. The lowest BCUT2D eigenvalue weighted by Gasteiger charge is -2.21. The second-order valence-electron chi connectivity index (χ2n) is 24.8. The molecule has 512 valence electrons. The molecule has 0 bridgehead atoms. The molecular formula is C68H128O17P2. The van der Waals surface area contributed by atoms with Gasteiger partial charge in [0.2, 0.25) is 0 Å². The van der Waals surface area contributed by atoms with Gasteiger partial charge in [-0.2, -0.15) is 0 Å². The Bertz CT molecular complexity index is 1790. The topological polar surface area (TPSA) is 237 Å². The number of esters is 4. The molecule has 0 aromatic carbocycles. The predicted molar refractivity (Wildman–Crippen MR) is 349 cm³/mol. The molecule has 3 N–H and O–H groups in total. The summed E-state index contributed by atoms with van der Waals surface area (Å²) in [5, 5.41) is 10.6. The molecule has 2 unspecified atom stereocenters. The minimum absolute atomic E-state index is 0.0845. The van der Waals surface area contributed by atoms with Crippen molar-refractivity contribution in [2.24, 2.45) is 11.8 Å². The molecule has 0 spiro atoms. The lowest BCUT2D eigenvalue weighted by Crippen LogP contribution is -2.30. The van der Waals surface area contributed by atoms with E-state index in [1.54, 1.807) is 0 Å². The molecule has 17 nitrogen and oxygen atoms in total. The summed E-state index contributed by atoms with van der Waals surface area (Å²) in [5.74, 6) is -0.726. The lowest BCUT2D eigenvalue weighted by atomic mass is 10.0. The van der Waals surface area contributed by atoms with E-state index < -0.39 is 97.5 Å². The van der Waals surface area contributed by atoms with Crippen LogP contribution >= 0.6 is 15.6 Å². The number of aliphatic hydroxyl groups is 1. The summed E-state index contributed by atoms with van der Waals surface area (Å²) >= 11 is 0. The molecule has 0 amide bonds. The largest absolute Gasteiger partial charge is 0.472 e. The number of hydrogen-bond donors (Lipinski definition) is 3. The second kappa shape index (κ2) is 59.8. The highest BCUT2D eigenvalue weighted by molar-refractivity contribution is 7.47. The summed E-state index contributed by atoms with van der Waals surface area (Å²) < 4.78 is 68.1. The van der Waals surface area contributed by atoms with Gasteiger partial charge in [-0.25, -0.2) is 9.13 Å². The molecule has 0 aromatic heterocycles. The maximum absolute atomic E-state index is 13.0. The number of carbonyl (C=O) groups is 4. The molecule has 0 aliphatic carbocycles. The molecule has 87 heavy (non-hydrogen) atoms. The zero-order valence-electron chi connectivity index (χ0n) is 55.8. The second-order valence-corrected chi connectivity index (χ2v) is 27.7. The van der Waals surface area contributed by atoms with Crippen molar-refractivity contribution < 1.29 is 80.2 Å². The van der Waals surface area contributed by atoms with Gasteiger partial charge in [-0.1, -0.05) is 265 Å². The molecule has 0 aliphatic rings. The summed E-state index contributed by atoms with van der Waals surface area (Å²) in [4.78, 5) is 72.3. The Morgan fingerprint density at radius 2 is 0.621 bits per heavy atom. The predicted octanol–water partition coefficient (Wildman–Crippen LogP) is 18.8. The highest BCUT2D eigenvalue weighted by atomic mass is 31.2. The molecule has 5 atom stereocenters. The number of hydrogen-bond acceptors (Lipinski definition) is 15. The molecule has 0 radical (unpaired) electrons. The summed E-state index contributed by atoms with van der Waals surface area (Å²) in [6.07, 6.45) is 46.7.